The third-order valence-corrected chi connectivity index (χ3v) is 4.88. The van der Waals surface area contributed by atoms with Crippen LogP contribution in [0, 0.1) is 5.82 Å². The van der Waals surface area contributed by atoms with E-state index in [1.807, 2.05) is 0 Å². The first-order chi connectivity index (χ1) is 9.63. The Labute approximate surface area is 123 Å². The van der Waals surface area contributed by atoms with E-state index >= 15 is 0 Å². The van der Waals surface area contributed by atoms with E-state index in [-0.39, 0.29) is 11.9 Å². The maximum absolute atomic E-state index is 13.0. The van der Waals surface area contributed by atoms with Crippen molar-refractivity contribution in [3.63, 3.8) is 0 Å². The topological polar surface area (TPSA) is 41.5 Å². The maximum atomic E-state index is 13.0. The summed E-state index contributed by atoms with van der Waals surface area (Å²) < 4.78 is 18.1. The van der Waals surface area contributed by atoms with Crippen molar-refractivity contribution in [2.75, 3.05) is 31.8 Å². The second-order valence-corrected chi connectivity index (χ2v) is 6.40. The van der Waals surface area contributed by atoms with Crippen molar-refractivity contribution in [3.8, 4) is 0 Å². The number of halogens is 1. The Bertz CT molecular complexity index is 407. The van der Waals surface area contributed by atoms with E-state index in [0.717, 1.165) is 29.9 Å². The van der Waals surface area contributed by atoms with Crippen LogP contribution in [0.5, 0.6) is 0 Å². The van der Waals surface area contributed by atoms with Gasteiger partial charge in [-0.2, -0.15) is 11.8 Å². The SMILES string of the molecule is COCCC(NCC1(O)CCSC1)c1ccc(F)cc1. The Morgan fingerprint density at radius 3 is 2.80 bits per heavy atom. The van der Waals surface area contributed by atoms with Gasteiger partial charge in [0.1, 0.15) is 5.82 Å². The normalized spacial score (nSPS) is 23.9. The molecule has 0 saturated carbocycles. The Morgan fingerprint density at radius 1 is 1.45 bits per heavy atom. The number of ether oxygens (including phenoxy) is 1. The van der Waals surface area contributed by atoms with Crippen LogP contribution in [0.2, 0.25) is 0 Å². The molecule has 1 fully saturated rings. The third kappa shape index (κ3) is 4.45. The highest BCUT2D eigenvalue weighted by molar-refractivity contribution is 7.99. The molecule has 20 heavy (non-hydrogen) atoms. The van der Waals surface area contributed by atoms with Crippen molar-refractivity contribution in [2.24, 2.45) is 0 Å². The zero-order valence-corrected chi connectivity index (χ0v) is 12.6. The van der Waals surface area contributed by atoms with Gasteiger partial charge in [0.05, 0.1) is 5.60 Å². The van der Waals surface area contributed by atoms with Crippen LogP contribution in [0.15, 0.2) is 24.3 Å². The molecule has 2 atom stereocenters. The van der Waals surface area contributed by atoms with Crippen LogP contribution in [0.3, 0.4) is 0 Å². The number of methoxy groups -OCH3 is 1. The smallest absolute Gasteiger partial charge is 0.123 e. The lowest BCUT2D eigenvalue weighted by atomic mass is 10.00. The minimum absolute atomic E-state index is 0.0742. The Morgan fingerprint density at radius 2 is 2.20 bits per heavy atom. The molecule has 3 nitrogen and oxygen atoms in total. The highest BCUT2D eigenvalue weighted by atomic mass is 32.2. The first kappa shape index (κ1) is 15.8. The predicted molar refractivity (Wildman–Crippen MR) is 80.5 cm³/mol. The molecule has 1 aliphatic rings. The van der Waals surface area contributed by atoms with E-state index in [4.69, 9.17) is 4.74 Å². The van der Waals surface area contributed by atoms with Crippen LogP contribution in [0.4, 0.5) is 4.39 Å². The monoisotopic (exact) mass is 299 g/mol. The average molecular weight is 299 g/mol. The summed E-state index contributed by atoms with van der Waals surface area (Å²) in [6.07, 6.45) is 1.62. The molecular formula is C15H22FNO2S. The summed E-state index contributed by atoms with van der Waals surface area (Å²) in [5, 5.41) is 13.8. The van der Waals surface area contributed by atoms with Gasteiger partial charge in [0.15, 0.2) is 0 Å². The first-order valence-electron chi connectivity index (χ1n) is 6.91. The Hall–Kier alpha value is -0.620. The summed E-state index contributed by atoms with van der Waals surface area (Å²) in [6, 6.07) is 6.59. The summed E-state index contributed by atoms with van der Waals surface area (Å²) in [6.45, 7) is 1.19. The molecule has 0 spiro atoms. The fourth-order valence-electron chi connectivity index (χ4n) is 2.37. The first-order valence-corrected chi connectivity index (χ1v) is 8.06. The van der Waals surface area contributed by atoms with Gasteiger partial charge in [0.2, 0.25) is 0 Å². The molecule has 0 aromatic heterocycles. The second-order valence-electron chi connectivity index (χ2n) is 5.29. The molecule has 5 heteroatoms. The van der Waals surface area contributed by atoms with Crippen LogP contribution in [-0.4, -0.2) is 42.5 Å². The molecule has 0 amide bonds. The van der Waals surface area contributed by atoms with Gasteiger partial charge in [-0.15, -0.1) is 0 Å². The molecule has 2 N–H and O–H groups in total. The van der Waals surface area contributed by atoms with Gasteiger partial charge in [-0.1, -0.05) is 12.1 Å². The lowest BCUT2D eigenvalue weighted by molar-refractivity contribution is 0.0626. The largest absolute Gasteiger partial charge is 0.388 e. The van der Waals surface area contributed by atoms with Gasteiger partial charge in [-0.05, 0) is 36.3 Å². The van der Waals surface area contributed by atoms with Crippen molar-refractivity contribution in [1.29, 1.82) is 0 Å². The molecule has 112 valence electrons. The number of benzene rings is 1. The van der Waals surface area contributed by atoms with Crippen molar-refractivity contribution in [2.45, 2.75) is 24.5 Å². The van der Waals surface area contributed by atoms with Gasteiger partial charge >= 0.3 is 0 Å². The van der Waals surface area contributed by atoms with Gasteiger partial charge in [-0.3, -0.25) is 0 Å². The number of rotatable bonds is 7. The zero-order chi connectivity index (χ0) is 14.4. The number of hydrogen-bond donors (Lipinski definition) is 2. The van der Waals surface area contributed by atoms with Crippen molar-refractivity contribution in [3.05, 3.63) is 35.6 Å². The van der Waals surface area contributed by atoms with E-state index in [1.165, 1.54) is 12.1 Å². The van der Waals surface area contributed by atoms with Gasteiger partial charge in [0, 0.05) is 32.1 Å². The molecular weight excluding hydrogens is 277 g/mol. The standard InChI is InChI=1S/C15H22FNO2S/c1-19-8-6-14(12-2-4-13(16)5-3-12)17-10-15(18)7-9-20-11-15/h2-5,14,17-18H,6-11H2,1H3. The fraction of sp³-hybridized carbons (Fsp3) is 0.600. The maximum Gasteiger partial charge on any atom is 0.123 e. The summed E-state index contributed by atoms with van der Waals surface area (Å²) in [5.41, 5.74) is 0.411. The van der Waals surface area contributed by atoms with E-state index < -0.39 is 5.60 Å². The average Bonchev–Trinajstić information content (AvgIpc) is 2.88. The fourth-order valence-corrected chi connectivity index (χ4v) is 3.66. The molecule has 1 aliphatic heterocycles. The summed E-state index contributed by atoms with van der Waals surface area (Å²) >= 11 is 1.78. The molecule has 2 unspecified atom stereocenters. The Balaban J connectivity index is 1.97. The van der Waals surface area contributed by atoms with Crippen LogP contribution in [0.25, 0.3) is 0 Å². The number of aliphatic hydroxyl groups is 1. The molecule has 1 heterocycles. The molecule has 2 rings (SSSR count). The highest BCUT2D eigenvalue weighted by Gasteiger charge is 2.32. The van der Waals surface area contributed by atoms with E-state index in [0.29, 0.717) is 13.2 Å². The second kappa shape index (κ2) is 7.41. The van der Waals surface area contributed by atoms with Crippen LogP contribution in [-0.2, 0) is 4.74 Å². The zero-order valence-electron chi connectivity index (χ0n) is 11.8. The summed E-state index contributed by atoms with van der Waals surface area (Å²) in [4.78, 5) is 0. The number of nitrogens with one attached hydrogen (secondary N) is 1. The van der Waals surface area contributed by atoms with E-state index in [2.05, 4.69) is 5.32 Å². The van der Waals surface area contributed by atoms with Crippen molar-refractivity contribution in [1.82, 2.24) is 5.32 Å². The van der Waals surface area contributed by atoms with Gasteiger partial charge in [-0.25, -0.2) is 4.39 Å². The van der Waals surface area contributed by atoms with E-state index in [9.17, 15) is 9.50 Å². The molecule has 1 aromatic rings. The quantitative estimate of drug-likeness (QED) is 0.811. The van der Waals surface area contributed by atoms with Crippen LogP contribution in [0.1, 0.15) is 24.4 Å². The van der Waals surface area contributed by atoms with Crippen LogP contribution >= 0.6 is 11.8 Å². The summed E-state index contributed by atoms with van der Waals surface area (Å²) in [5.74, 6) is 1.56. The predicted octanol–water partition coefficient (Wildman–Crippen LogP) is 2.36. The minimum Gasteiger partial charge on any atom is -0.388 e. The molecule has 1 saturated heterocycles. The van der Waals surface area contributed by atoms with Gasteiger partial charge < -0.3 is 15.2 Å². The van der Waals surface area contributed by atoms with E-state index in [1.54, 1.807) is 31.0 Å². The third-order valence-electron chi connectivity index (χ3n) is 3.64. The van der Waals surface area contributed by atoms with Gasteiger partial charge in [0.25, 0.3) is 0 Å². The van der Waals surface area contributed by atoms with Crippen molar-refractivity contribution < 1.29 is 14.2 Å². The summed E-state index contributed by atoms with van der Waals surface area (Å²) in [7, 11) is 1.67. The lowest BCUT2D eigenvalue weighted by Crippen LogP contribution is -2.42. The molecule has 1 aromatic carbocycles. The van der Waals surface area contributed by atoms with Crippen LogP contribution < -0.4 is 5.32 Å². The minimum atomic E-state index is -0.615. The lowest BCUT2D eigenvalue weighted by Gasteiger charge is -2.26. The Kier molecular flexibility index (Phi) is 5.84. The van der Waals surface area contributed by atoms with Crippen molar-refractivity contribution >= 4 is 11.8 Å². The molecule has 0 bridgehead atoms. The highest BCUT2D eigenvalue weighted by Crippen LogP contribution is 2.28. The number of hydrogen-bond acceptors (Lipinski definition) is 4. The molecule has 0 aliphatic carbocycles. The molecule has 0 radical (unpaired) electrons. The number of thioether (sulfide) groups is 1.